The maximum Gasteiger partial charge on any atom is 0.151 e. The number of aryl methyl sites for hydroxylation is 2. The third-order valence-electron chi connectivity index (χ3n) is 1.55. The van der Waals surface area contributed by atoms with Gasteiger partial charge in [-0.3, -0.25) is 4.79 Å². The van der Waals surface area contributed by atoms with Crippen LogP contribution in [-0.2, 0) is 0 Å². The molecule has 0 radical (unpaired) electrons. The standard InChI is InChI=1S/C9H9ClO/c1-6-3-7(2)9(10)8(4-6)5-11/h3-5H,1-2H3. The highest BCUT2D eigenvalue weighted by Crippen LogP contribution is 2.20. The summed E-state index contributed by atoms with van der Waals surface area (Å²) in [6.45, 7) is 3.83. The molecular weight excluding hydrogens is 160 g/mol. The van der Waals surface area contributed by atoms with Crippen LogP contribution in [0.25, 0.3) is 0 Å². The Balaban J connectivity index is 3.35. The maximum absolute atomic E-state index is 10.4. The van der Waals surface area contributed by atoms with Gasteiger partial charge in [0.2, 0.25) is 0 Å². The van der Waals surface area contributed by atoms with Gasteiger partial charge in [-0.2, -0.15) is 0 Å². The predicted octanol–water partition coefficient (Wildman–Crippen LogP) is 2.77. The molecule has 58 valence electrons. The normalized spacial score (nSPS) is 9.73. The number of aldehydes is 1. The van der Waals surface area contributed by atoms with E-state index in [-0.39, 0.29) is 0 Å². The van der Waals surface area contributed by atoms with Crippen molar-refractivity contribution < 1.29 is 4.79 Å². The molecule has 0 aliphatic heterocycles. The zero-order valence-electron chi connectivity index (χ0n) is 6.52. The van der Waals surface area contributed by atoms with E-state index in [2.05, 4.69) is 0 Å². The topological polar surface area (TPSA) is 17.1 Å². The summed E-state index contributed by atoms with van der Waals surface area (Å²) in [5.74, 6) is 0. The first-order chi connectivity index (χ1) is 5.15. The fourth-order valence-corrected chi connectivity index (χ4v) is 1.22. The number of carbonyl (C=O) groups is 1. The van der Waals surface area contributed by atoms with Crippen molar-refractivity contribution in [3.63, 3.8) is 0 Å². The van der Waals surface area contributed by atoms with Crippen LogP contribution < -0.4 is 0 Å². The van der Waals surface area contributed by atoms with Crippen LogP contribution in [0.5, 0.6) is 0 Å². The maximum atomic E-state index is 10.4. The molecule has 1 rings (SSSR count). The molecule has 0 unspecified atom stereocenters. The van der Waals surface area contributed by atoms with E-state index < -0.39 is 0 Å². The fraction of sp³-hybridized carbons (Fsp3) is 0.222. The van der Waals surface area contributed by atoms with Crippen LogP contribution in [0, 0.1) is 13.8 Å². The highest BCUT2D eigenvalue weighted by atomic mass is 35.5. The average molecular weight is 169 g/mol. The first-order valence-corrected chi connectivity index (χ1v) is 3.75. The Morgan fingerprint density at radius 1 is 1.36 bits per heavy atom. The van der Waals surface area contributed by atoms with E-state index >= 15 is 0 Å². The van der Waals surface area contributed by atoms with E-state index in [0.717, 1.165) is 17.4 Å². The Bertz CT molecular complexity index is 292. The lowest BCUT2D eigenvalue weighted by atomic mass is 10.1. The Morgan fingerprint density at radius 3 is 2.55 bits per heavy atom. The highest BCUT2D eigenvalue weighted by Gasteiger charge is 2.02. The van der Waals surface area contributed by atoms with E-state index in [9.17, 15) is 4.79 Å². The molecule has 0 spiro atoms. The number of rotatable bonds is 1. The van der Waals surface area contributed by atoms with Crippen LogP contribution in [-0.4, -0.2) is 6.29 Å². The van der Waals surface area contributed by atoms with Gasteiger partial charge in [-0.25, -0.2) is 0 Å². The second-order valence-corrected chi connectivity index (χ2v) is 2.98. The van der Waals surface area contributed by atoms with Gasteiger partial charge in [-0.1, -0.05) is 23.2 Å². The average Bonchev–Trinajstić information content (AvgIpc) is 1.96. The lowest BCUT2D eigenvalue weighted by molar-refractivity contribution is 0.112. The first-order valence-electron chi connectivity index (χ1n) is 3.37. The molecule has 0 N–H and O–H groups in total. The molecule has 0 bridgehead atoms. The molecule has 0 aromatic heterocycles. The highest BCUT2D eigenvalue weighted by molar-refractivity contribution is 6.33. The van der Waals surface area contributed by atoms with Crippen molar-refractivity contribution in [1.82, 2.24) is 0 Å². The lowest BCUT2D eigenvalue weighted by Gasteiger charge is -2.01. The molecule has 0 saturated heterocycles. The summed E-state index contributed by atoms with van der Waals surface area (Å²) in [5, 5.41) is 0.561. The second kappa shape index (κ2) is 3.05. The van der Waals surface area contributed by atoms with Gasteiger partial charge >= 0.3 is 0 Å². The Morgan fingerprint density at radius 2 is 2.00 bits per heavy atom. The molecular formula is C9H9ClO. The van der Waals surface area contributed by atoms with Gasteiger partial charge in [0, 0.05) is 5.56 Å². The number of hydrogen-bond donors (Lipinski definition) is 0. The summed E-state index contributed by atoms with van der Waals surface area (Å²) in [6, 6.07) is 3.73. The smallest absolute Gasteiger partial charge is 0.151 e. The van der Waals surface area contributed by atoms with Crippen molar-refractivity contribution in [2.75, 3.05) is 0 Å². The molecule has 0 fully saturated rings. The molecule has 2 heteroatoms. The molecule has 0 aliphatic rings. The molecule has 1 aromatic carbocycles. The lowest BCUT2D eigenvalue weighted by Crippen LogP contribution is -1.87. The second-order valence-electron chi connectivity index (χ2n) is 2.60. The molecule has 1 nitrogen and oxygen atoms in total. The van der Waals surface area contributed by atoms with E-state index in [1.165, 1.54) is 0 Å². The minimum atomic E-state index is 0.561. The van der Waals surface area contributed by atoms with Crippen molar-refractivity contribution in [1.29, 1.82) is 0 Å². The van der Waals surface area contributed by atoms with Crippen molar-refractivity contribution in [3.05, 3.63) is 33.8 Å². The van der Waals surface area contributed by atoms with Crippen molar-refractivity contribution >= 4 is 17.9 Å². The minimum absolute atomic E-state index is 0.561. The van der Waals surface area contributed by atoms with E-state index in [4.69, 9.17) is 11.6 Å². The monoisotopic (exact) mass is 168 g/mol. The Labute approximate surface area is 71.0 Å². The minimum Gasteiger partial charge on any atom is -0.298 e. The van der Waals surface area contributed by atoms with Gasteiger partial charge in [0.15, 0.2) is 6.29 Å². The predicted molar refractivity (Wildman–Crippen MR) is 46.3 cm³/mol. The fourth-order valence-electron chi connectivity index (χ4n) is 1.07. The van der Waals surface area contributed by atoms with Crippen LogP contribution in [0.15, 0.2) is 12.1 Å². The van der Waals surface area contributed by atoms with Gasteiger partial charge in [-0.15, -0.1) is 0 Å². The Hall–Kier alpha value is -0.820. The van der Waals surface area contributed by atoms with Crippen molar-refractivity contribution in [3.8, 4) is 0 Å². The summed E-state index contributed by atoms with van der Waals surface area (Å²) in [5.41, 5.74) is 2.59. The molecule has 1 aromatic rings. The van der Waals surface area contributed by atoms with Crippen LogP contribution in [0.1, 0.15) is 21.5 Å². The van der Waals surface area contributed by atoms with Gasteiger partial charge in [-0.05, 0) is 25.5 Å². The van der Waals surface area contributed by atoms with Gasteiger partial charge in [0.1, 0.15) is 0 Å². The summed E-state index contributed by atoms with van der Waals surface area (Å²) >= 11 is 5.83. The number of halogens is 1. The zero-order chi connectivity index (χ0) is 8.43. The number of hydrogen-bond acceptors (Lipinski definition) is 1. The largest absolute Gasteiger partial charge is 0.298 e. The number of carbonyl (C=O) groups excluding carboxylic acids is 1. The number of benzene rings is 1. The first kappa shape index (κ1) is 8.28. The van der Waals surface area contributed by atoms with Gasteiger partial charge in [0.05, 0.1) is 5.02 Å². The van der Waals surface area contributed by atoms with E-state index in [1.807, 2.05) is 19.9 Å². The van der Waals surface area contributed by atoms with Gasteiger partial charge in [0.25, 0.3) is 0 Å². The SMILES string of the molecule is Cc1cc(C)c(Cl)c(C=O)c1. The third kappa shape index (κ3) is 1.60. The zero-order valence-corrected chi connectivity index (χ0v) is 7.27. The van der Waals surface area contributed by atoms with Crippen LogP contribution in [0.3, 0.4) is 0 Å². The van der Waals surface area contributed by atoms with Crippen LogP contribution in [0.2, 0.25) is 5.02 Å². The van der Waals surface area contributed by atoms with Crippen LogP contribution >= 0.6 is 11.6 Å². The van der Waals surface area contributed by atoms with E-state index in [1.54, 1.807) is 6.07 Å². The Kier molecular flexibility index (Phi) is 2.30. The van der Waals surface area contributed by atoms with Crippen LogP contribution in [0.4, 0.5) is 0 Å². The van der Waals surface area contributed by atoms with E-state index in [0.29, 0.717) is 10.6 Å². The molecule has 0 amide bonds. The summed E-state index contributed by atoms with van der Waals surface area (Å²) in [7, 11) is 0. The van der Waals surface area contributed by atoms with Crippen molar-refractivity contribution in [2.24, 2.45) is 0 Å². The molecule has 0 atom stereocenters. The quantitative estimate of drug-likeness (QED) is 0.590. The molecule has 0 heterocycles. The summed E-state index contributed by atoms with van der Waals surface area (Å²) in [6.07, 6.45) is 0.780. The molecule has 0 saturated carbocycles. The van der Waals surface area contributed by atoms with Gasteiger partial charge < -0.3 is 0 Å². The molecule has 11 heavy (non-hydrogen) atoms. The summed E-state index contributed by atoms with van der Waals surface area (Å²) < 4.78 is 0. The van der Waals surface area contributed by atoms with Crippen molar-refractivity contribution in [2.45, 2.75) is 13.8 Å². The summed E-state index contributed by atoms with van der Waals surface area (Å²) in [4.78, 5) is 10.4. The molecule has 0 aliphatic carbocycles. The third-order valence-corrected chi connectivity index (χ3v) is 2.07.